The van der Waals surface area contributed by atoms with Gasteiger partial charge in [0.1, 0.15) is 5.75 Å². The van der Waals surface area contributed by atoms with E-state index in [2.05, 4.69) is 10.6 Å². The largest absolute Gasteiger partial charge is 0.495 e. The summed E-state index contributed by atoms with van der Waals surface area (Å²) >= 11 is 0. The van der Waals surface area contributed by atoms with Crippen LogP contribution in [0, 0.1) is 6.92 Å². The maximum atomic E-state index is 12.2. The molecule has 144 valence electrons. The van der Waals surface area contributed by atoms with Crippen LogP contribution in [-0.4, -0.2) is 32.1 Å². The van der Waals surface area contributed by atoms with Crippen LogP contribution in [0.1, 0.15) is 35.7 Å². The van der Waals surface area contributed by atoms with Crippen LogP contribution in [0.25, 0.3) is 0 Å². The van der Waals surface area contributed by atoms with Crippen LogP contribution in [0.4, 0.5) is 11.4 Å². The summed E-state index contributed by atoms with van der Waals surface area (Å²) < 4.78 is 10.4. The molecule has 0 bridgehead atoms. The summed E-state index contributed by atoms with van der Waals surface area (Å²) in [6, 6.07) is 12.4. The molecule has 0 saturated carbocycles. The van der Waals surface area contributed by atoms with Crippen molar-refractivity contribution in [2.45, 2.75) is 26.7 Å². The first-order valence-electron chi connectivity index (χ1n) is 8.99. The zero-order chi connectivity index (χ0) is 19.6. The van der Waals surface area contributed by atoms with Gasteiger partial charge < -0.3 is 20.1 Å². The van der Waals surface area contributed by atoms with E-state index in [1.54, 1.807) is 31.4 Å². The third-order valence-corrected chi connectivity index (χ3v) is 3.93. The minimum absolute atomic E-state index is 0.0946. The summed E-state index contributed by atoms with van der Waals surface area (Å²) in [6.45, 7) is 4.51. The monoisotopic (exact) mass is 370 g/mol. The van der Waals surface area contributed by atoms with Gasteiger partial charge in [-0.1, -0.05) is 19.4 Å². The van der Waals surface area contributed by atoms with Crippen molar-refractivity contribution < 1.29 is 19.1 Å². The second-order valence-corrected chi connectivity index (χ2v) is 6.17. The number of ether oxygens (including phenoxy) is 2. The lowest BCUT2D eigenvalue weighted by atomic mass is 10.2. The second-order valence-electron chi connectivity index (χ2n) is 6.17. The Morgan fingerprint density at radius 3 is 2.48 bits per heavy atom. The van der Waals surface area contributed by atoms with Gasteiger partial charge in [-0.25, -0.2) is 4.79 Å². The highest BCUT2D eigenvalue weighted by Crippen LogP contribution is 2.25. The molecule has 0 heterocycles. The van der Waals surface area contributed by atoms with E-state index in [4.69, 9.17) is 9.47 Å². The van der Waals surface area contributed by atoms with E-state index in [1.807, 2.05) is 32.0 Å². The van der Waals surface area contributed by atoms with Gasteiger partial charge in [0.15, 0.2) is 0 Å². The standard InChI is InChI=1S/C21H26N2O4/c1-4-5-12-27-21(25)16-7-9-17(10-8-16)22-14-20(24)23-18-13-15(2)6-11-19(18)26-3/h6-11,13,22H,4-5,12,14H2,1-3H3,(H,23,24). The first kappa shape index (κ1) is 20.3. The van der Waals surface area contributed by atoms with Gasteiger partial charge in [0.2, 0.25) is 5.91 Å². The molecule has 6 nitrogen and oxygen atoms in total. The number of hydrogen-bond acceptors (Lipinski definition) is 5. The van der Waals surface area contributed by atoms with Crippen molar-refractivity contribution in [2.24, 2.45) is 0 Å². The van der Waals surface area contributed by atoms with Crippen molar-refractivity contribution in [2.75, 3.05) is 30.9 Å². The van der Waals surface area contributed by atoms with Gasteiger partial charge >= 0.3 is 5.97 Å². The fourth-order valence-corrected chi connectivity index (χ4v) is 2.41. The van der Waals surface area contributed by atoms with Crippen LogP contribution in [0.2, 0.25) is 0 Å². The lowest BCUT2D eigenvalue weighted by Gasteiger charge is -2.12. The number of benzene rings is 2. The van der Waals surface area contributed by atoms with Gasteiger partial charge in [-0.15, -0.1) is 0 Å². The maximum absolute atomic E-state index is 12.2. The number of carbonyl (C=O) groups is 2. The Kier molecular flexibility index (Phi) is 7.67. The Balaban J connectivity index is 1.86. The summed E-state index contributed by atoms with van der Waals surface area (Å²) in [5, 5.41) is 5.86. The number of esters is 1. The molecule has 0 saturated heterocycles. The molecule has 0 atom stereocenters. The number of anilines is 2. The SMILES string of the molecule is CCCCOC(=O)c1ccc(NCC(=O)Nc2cc(C)ccc2OC)cc1. The zero-order valence-corrected chi connectivity index (χ0v) is 16.0. The predicted molar refractivity (Wildman–Crippen MR) is 106 cm³/mol. The predicted octanol–water partition coefficient (Wildman–Crippen LogP) is 4.01. The highest BCUT2D eigenvalue weighted by Gasteiger charge is 2.09. The third kappa shape index (κ3) is 6.33. The fourth-order valence-electron chi connectivity index (χ4n) is 2.41. The van der Waals surface area contributed by atoms with Crippen LogP contribution in [0.15, 0.2) is 42.5 Å². The van der Waals surface area contributed by atoms with Crippen molar-refractivity contribution >= 4 is 23.3 Å². The Hall–Kier alpha value is -3.02. The molecule has 0 radical (unpaired) electrons. The van der Waals surface area contributed by atoms with E-state index in [-0.39, 0.29) is 18.4 Å². The van der Waals surface area contributed by atoms with E-state index in [0.29, 0.717) is 23.6 Å². The molecule has 2 aromatic rings. The van der Waals surface area contributed by atoms with Crippen LogP contribution >= 0.6 is 0 Å². The number of rotatable bonds is 9. The minimum Gasteiger partial charge on any atom is -0.495 e. The molecular formula is C21H26N2O4. The van der Waals surface area contributed by atoms with E-state index < -0.39 is 0 Å². The maximum Gasteiger partial charge on any atom is 0.338 e. The van der Waals surface area contributed by atoms with Crippen molar-refractivity contribution in [3.63, 3.8) is 0 Å². The van der Waals surface area contributed by atoms with Crippen LogP contribution in [0.3, 0.4) is 0 Å². The lowest BCUT2D eigenvalue weighted by Crippen LogP contribution is -2.22. The topological polar surface area (TPSA) is 76.7 Å². The fraction of sp³-hybridized carbons (Fsp3) is 0.333. The molecule has 0 aliphatic heterocycles. The van der Waals surface area contributed by atoms with Crippen molar-refractivity contribution in [3.8, 4) is 5.75 Å². The quantitative estimate of drug-likeness (QED) is 0.515. The first-order chi connectivity index (χ1) is 13.0. The number of methoxy groups -OCH3 is 1. The highest BCUT2D eigenvalue weighted by atomic mass is 16.5. The highest BCUT2D eigenvalue weighted by molar-refractivity contribution is 5.95. The Bertz CT molecular complexity index is 772. The van der Waals surface area contributed by atoms with Gasteiger partial charge in [-0.2, -0.15) is 0 Å². The van der Waals surface area contributed by atoms with Gasteiger partial charge in [0.05, 0.1) is 31.5 Å². The molecule has 0 aliphatic rings. The molecule has 2 aromatic carbocycles. The smallest absolute Gasteiger partial charge is 0.338 e. The normalized spacial score (nSPS) is 10.2. The second kappa shape index (κ2) is 10.2. The molecule has 6 heteroatoms. The summed E-state index contributed by atoms with van der Waals surface area (Å²) in [4.78, 5) is 24.1. The number of aryl methyl sites for hydroxylation is 1. The number of unbranched alkanes of at least 4 members (excludes halogenated alkanes) is 1. The van der Waals surface area contributed by atoms with Gasteiger partial charge in [-0.05, 0) is 55.3 Å². The molecule has 1 amide bonds. The molecule has 0 aliphatic carbocycles. The average molecular weight is 370 g/mol. The minimum atomic E-state index is -0.334. The van der Waals surface area contributed by atoms with E-state index >= 15 is 0 Å². The number of hydrogen-bond donors (Lipinski definition) is 2. The van der Waals surface area contributed by atoms with E-state index in [9.17, 15) is 9.59 Å². The number of amides is 1. The molecule has 0 unspecified atom stereocenters. The van der Waals surface area contributed by atoms with Gasteiger partial charge in [0.25, 0.3) is 0 Å². The van der Waals surface area contributed by atoms with Crippen LogP contribution < -0.4 is 15.4 Å². The molecule has 2 rings (SSSR count). The van der Waals surface area contributed by atoms with Crippen LogP contribution in [-0.2, 0) is 9.53 Å². The molecule has 0 fully saturated rings. The Morgan fingerprint density at radius 1 is 1.07 bits per heavy atom. The summed E-state index contributed by atoms with van der Waals surface area (Å²) in [6.07, 6.45) is 1.83. The van der Waals surface area contributed by atoms with Crippen molar-refractivity contribution in [1.82, 2.24) is 0 Å². The summed E-state index contributed by atoms with van der Waals surface area (Å²) in [7, 11) is 1.56. The summed E-state index contributed by atoms with van der Waals surface area (Å²) in [5.41, 5.74) is 2.90. The number of nitrogens with one attached hydrogen (secondary N) is 2. The third-order valence-electron chi connectivity index (χ3n) is 3.93. The lowest BCUT2D eigenvalue weighted by molar-refractivity contribution is -0.114. The Labute approximate surface area is 159 Å². The van der Waals surface area contributed by atoms with Gasteiger partial charge in [-0.3, -0.25) is 4.79 Å². The average Bonchev–Trinajstić information content (AvgIpc) is 2.67. The number of carbonyl (C=O) groups excluding carboxylic acids is 2. The molecular weight excluding hydrogens is 344 g/mol. The molecule has 0 aromatic heterocycles. The molecule has 2 N–H and O–H groups in total. The van der Waals surface area contributed by atoms with Gasteiger partial charge in [0, 0.05) is 5.69 Å². The van der Waals surface area contributed by atoms with E-state index in [1.165, 1.54) is 0 Å². The first-order valence-corrected chi connectivity index (χ1v) is 8.99. The zero-order valence-electron chi connectivity index (χ0n) is 16.0. The van der Waals surface area contributed by atoms with E-state index in [0.717, 1.165) is 24.1 Å². The van der Waals surface area contributed by atoms with Crippen molar-refractivity contribution in [1.29, 1.82) is 0 Å². The van der Waals surface area contributed by atoms with Crippen molar-refractivity contribution in [3.05, 3.63) is 53.6 Å². The van der Waals surface area contributed by atoms with Crippen LogP contribution in [0.5, 0.6) is 5.75 Å². The molecule has 0 spiro atoms. The summed E-state index contributed by atoms with van der Waals surface area (Å²) in [5.74, 6) is 0.0844. The Morgan fingerprint density at radius 2 is 1.81 bits per heavy atom. The molecule has 27 heavy (non-hydrogen) atoms.